The van der Waals surface area contributed by atoms with Crippen molar-refractivity contribution in [3.63, 3.8) is 0 Å². The third-order valence-corrected chi connectivity index (χ3v) is 14.2. The molecule has 0 spiro atoms. The SMILES string of the molecule is Cc1ccc(C2(c3ccccc3)c3ccccc3-c3cc(N(c4ccc(-c5ccccc5)cc4)c4ccc5c(c4)C(c4ccccc4)(c4ccc(C)cc4)c4ccccc4-5)ccc32)cc1. The summed E-state index contributed by atoms with van der Waals surface area (Å²) in [6.45, 7) is 4.35. The Morgan fingerprint density at radius 1 is 0.262 bits per heavy atom. The Kier molecular flexibility index (Phi) is 9.14. The van der Waals surface area contributed by atoms with Gasteiger partial charge in [-0.05, 0) is 128 Å². The quantitative estimate of drug-likeness (QED) is 0.147. The molecule has 2 atom stereocenters. The van der Waals surface area contributed by atoms with Crippen molar-refractivity contribution < 1.29 is 0 Å². The molecule has 65 heavy (non-hydrogen) atoms. The Morgan fingerprint density at radius 3 is 1.22 bits per heavy atom. The Labute approximate surface area is 382 Å². The summed E-state index contributed by atoms with van der Waals surface area (Å²) in [5.41, 5.74) is 22.5. The van der Waals surface area contributed by atoms with E-state index in [0.717, 1.165) is 17.1 Å². The Bertz CT molecular complexity index is 3350. The molecular weight excluding hydrogens is 783 g/mol. The fourth-order valence-corrected chi connectivity index (χ4v) is 11.3. The van der Waals surface area contributed by atoms with E-state index in [4.69, 9.17) is 0 Å². The van der Waals surface area contributed by atoms with Gasteiger partial charge in [-0.25, -0.2) is 0 Å². The first-order valence-corrected chi connectivity index (χ1v) is 22.7. The first-order chi connectivity index (χ1) is 32.0. The summed E-state index contributed by atoms with van der Waals surface area (Å²) in [6, 6.07) is 92.8. The predicted octanol–water partition coefficient (Wildman–Crippen LogP) is 16.2. The van der Waals surface area contributed by atoms with Crippen LogP contribution in [0.2, 0.25) is 0 Å². The lowest BCUT2D eigenvalue weighted by molar-refractivity contribution is 0.767. The van der Waals surface area contributed by atoms with Gasteiger partial charge in [-0.2, -0.15) is 0 Å². The molecule has 0 radical (unpaired) electrons. The van der Waals surface area contributed by atoms with Crippen LogP contribution in [-0.2, 0) is 10.8 Å². The molecule has 2 aliphatic carbocycles. The van der Waals surface area contributed by atoms with Crippen LogP contribution in [0.1, 0.15) is 55.6 Å². The molecule has 10 aromatic carbocycles. The van der Waals surface area contributed by atoms with Gasteiger partial charge in [0.1, 0.15) is 0 Å². The normalized spacial score (nSPS) is 16.6. The minimum Gasteiger partial charge on any atom is -0.310 e. The van der Waals surface area contributed by atoms with Crippen LogP contribution in [0.4, 0.5) is 17.1 Å². The summed E-state index contributed by atoms with van der Waals surface area (Å²) in [5.74, 6) is 0. The molecule has 0 bridgehead atoms. The number of benzene rings is 10. The predicted molar refractivity (Wildman–Crippen MR) is 271 cm³/mol. The van der Waals surface area contributed by atoms with Crippen molar-refractivity contribution in [3.05, 3.63) is 304 Å². The fraction of sp³-hybridized carbons (Fsp3) is 0.0625. The number of hydrogen-bond donors (Lipinski definition) is 0. The van der Waals surface area contributed by atoms with E-state index < -0.39 is 10.8 Å². The molecule has 1 heteroatoms. The summed E-state index contributed by atoms with van der Waals surface area (Å²) < 4.78 is 0. The second kappa shape index (κ2) is 15.4. The van der Waals surface area contributed by atoms with Gasteiger partial charge in [-0.3, -0.25) is 0 Å². The van der Waals surface area contributed by atoms with Crippen LogP contribution in [-0.4, -0.2) is 0 Å². The smallest absolute Gasteiger partial charge is 0.0714 e. The summed E-state index contributed by atoms with van der Waals surface area (Å²) in [5, 5.41) is 0. The van der Waals surface area contributed by atoms with E-state index in [0.29, 0.717) is 0 Å². The molecule has 0 aliphatic heterocycles. The second-order valence-electron chi connectivity index (χ2n) is 17.8. The van der Waals surface area contributed by atoms with E-state index >= 15 is 0 Å². The standard InChI is InChI=1S/C64H47N/c1-44-26-32-50(33-27-44)63(48-18-8-4-9-19-48)60-25-15-13-23-56(60)58-42-53(39-41-61(58)63)65(52-36-30-47(31-37-52)46-16-6-3-7-17-46)54-38-40-57-55-22-12-14-24-59(55)64(62(57)43-54,49-20-10-5-11-21-49)51-34-28-45(2)29-35-51/h3-43H,1-2H3. The Hall–Kier alpha value is -8.00. The average molecular weight is 830 g/mol. The molecule has 10 aromatic rings. The maximum absolute atomic E-state index is 2.48. The zero-order valence-corrected chi connectivity index (χ0v) is 36.6. The maximum atomic E-state index is 2.48. The molecule has 0 saturated heterocycles. The van der Waals surface area contributed by atoms with Gasteiger partial charge >= 0.3 is 0 Å². The van der Waals surface area contributed by atoms with Gasteiger partial charge in [0.05, 0.1) is 10.8 Å². The van der Waals surface area contributed by atoms with E-state index in [1.165, 1.54) is 89.0 Å². The van der Waals surface area contributed by atoms with Gasteiger partial charge in [0, 0.05) is 17.1 Å². The van der Waals surface area contributed by atoms with Crippen LogP contribution in [0.5, 0.6) is 0 Å². The monoisotopic (exact) mass is 829 g/mol. The van der Waals surface area contributed by atoms with Crippen LogP contribution in [0.3, 0.4) is 0 Å². The van der Waals surface area contributed by atoms with Crippen LogP contribution in [0, 0.1) is 13.8 Å². The maximum Gasteiger partial charge on any atom is 0.0714 e. The minimum atomic E-state index is -0.528. The number of nitrogens with zero attached hydrogens (tertiary/aromatic N) is 1. The zero-order chi connectivity index (χ0) is 43.5. The molecular formula is C64H47N. The van der Waals surface area contributed by atoms with E-state index in [2.05, 4.69) is 267 Å². The van der Waals surface area contributed by atoms with Crippen molar-refractivity contribution in [2.45, 2.75) is 24.7 Å². The molecule has 1 nitrogen and oxygen atoms in total. The lowest BCUT2D eigenvalue weighted by Gasteiger charge is -2.35. The number of fused-ring (bicyclic) bond motifs is 6. The van der Waals surface area contributed by atoms with Crippen LogP contribution >= 0.6 is 0 Å². The van der Waals surface area contributed by atoms with E-state index in [1.807, 2.05) is 0 Å². The number of hydrogen-bond acceptors (Lipinski definition) is 1. The Balaban J connectivity index is 1.11. The lowest BCUT2D eigenvalue weighted by atomic mass is 9.67. The van der Waals surface area contributed by atoms with Crippen LogP contribution < -0.4 is 4.90 Å². The highest BCUT2D eigenvalue weighted by molar-refractivity contribution is 5.93. The van der Waals surface area contributed by atoms with Crippen molar-refractivity contribution in [1.82, 2.24) is 0 Å². The van der Waals surface area contributed by atoms with Gasteiger partial charge in [0.15, 0.2) is 0 Å². The number of aryl methyl sites for hydroxylation is 2. The third-order valence-electron chi connectivity index (χ3n) is 14.2. The molecule has 0 N–H and O–H groups in total. The van der Waals surface area contributed by atoms with Crippen LogP contribution in [0.25, 0.3) is 33.4 Å². The van der Waals surface area contributed by atoms with Gasteiger partial charge in [0.2, 0.25) is 0 Å². The Morgan fingerprint density at radius 2 is 0.646 bits per heavy atom. The molecule has 12 rings (SSSR count). The summed E-state index contributed by atoms with van der Waals surface area (Å²) in [7, 11) is 0. The highest BCUT2D eigenvalue weighted by atomic mass is 15.1. The van der Waals surface area contributed by atoms with Gasteiger partial charge in [-0.15, -0.1) is 0 Å². The summed E-state index contributed by atoms with van der Waals surface area (Å²) >= 11 is 0. The summed E-state index contributed by atoms with van der Waals surface area (Å²) in [4.78, 5) is 2.47. The molecule has 308 valence electrons. The molecule has 0 saturated carbocycles. The zero-order valence-electron chi connectivity index (χ0n) is 36.6. The fourth-order valence-electron chi connectivity index (χ4n) is 11.3. The van der Waals surface area contributed by atoms with Gasteiger partial charge in [-0.1, -0.05) is 223 Å². The van der Waals surface area contributed by atoms with Gasteiger partial charge in [0.25, 0.3) is 0 Å². The van der Waals surface area contributed by atoms with Crippen LogP contribution in [0.15, 0.2) is 249 Å². The largest absolute Gasteiger partial charge is 0.310 e. The van der Waals surface area contributed by atoms with Gasteiger partial charge < -0.3 is 4.90 Å². The van der Waals surface area contributed by atoms with Crippen molar-refractivity contribution >= 4 is 17.1 Å². The van der Waals surface area contributed by atoms with Crippen molar-refractivity contribution in [3.8, 4) is 33.4 Å². The van der Waals surface area contributed by atoms with Crippen molar-refractivity contribution in [2.24, 2.45) is 0 Å². The lowest BCUT2D eigenvalue weighted by Crippen LogP contribution is -2.29. The minimum absolute atomic E-state index is 0.482. The van der Waals surface area contributed by atoms with Crippen molar-refractivity contribution in [1.29, 1.82) is 0 Å². The molecule has 0 amide bonds. The van der Waals surface area contributed by atoms with E-state index in [1.54, 1.807) is 0 Å². The molecule has 0 fully saturated rings. The number of rotatable bonds is 8. The first-order valence-electron chi connectivity index (χ1n) is 22.7. The molecule has 0 aromatic heterocycles. The topological polar surface area (TPSA) is 3.24 Å². The van der Waals surface area contributed by atoms with E-state index in [9.17, 15) is 0 Å². The second-order valence-corrected chi connectivity index (χ2v) is 17.8. The number of anilines is 3. The average Bonchev–Trinajstić information content (AvgIpc) is 3.83. The first kappa shape index (κ1) is 38.7. The third kappa shape index (κ3) is 5.93. The van der Waals surface area contributed by atoms with E-state index in [-0.39, 0.29) is 0 Å². The molecule has 0 heterocycles. The molecule has 2 aliphatic rings. The molecule has 2 unspecified atom stereocenters. The highest BCUT2D eigenvalue weighted by Gasteiger charge is 2.48. The highest BCUT2D eigenvalue weighted by Crippen LogP contribution is 2.59. The summed E-state index contributed by atoms with van der Waals surface area (Å²) in [6.07, 6.45) is 0. The van der Waals surface area contributed by atoms with Crippen molar-refractivity contribution in [2.75, 3.05) is 4.90 Å².